The minimum absolute atomic E-state index is 0.00277. The van der Waals surface area contributed by atoms with Crippen LogP contribution in [0.3, 0.4) is 0 Å². The van der Waals surface area contributed by atoms with E-state index in [1.54, 1.807) is 0 Å². The number of amides is 2. The molecule has 0 atom stereocenters. The lowest BCUT2D eigenvalue weighted by molar-refractivity contribution is -0.0514. The first-order valence-electron chi connectivity index (χ1n) is 7.59. The SMILES string of the molecule is COc1ccc(NC(=O)NCc2ccc(OC(F)F)cc2)cc1OC(F)F. The Hall–Kier alpha value is -3.17. The summed E-state index contributed by atoms with van der Waals surface area (Å²) in [6.45, 7) is -5.85. The molecule has 146 valence electrons. The first-order chi connectivity index (χ1) is 12.9. The normalized spacial score (nSPS) is 10.6. The number of carbonyl (C=O) groups is 1. The van der Waals surface area contributed by atoms with Crippen LogP contribution in [0.15, 0.2) is 42.5 Å². The summed E-state index contributed by atoms with van der Waals surface area (Å²) in [5.74, 6) is -0.129. The molecular weight excluding hydrogens is 372 g/mol. The van der Waals surface area contributed by atoms with Crippen molar-refractivity contribution in [2.24, 2.45) is 0 Å². The molecule has 2 rings (SSSR count). The number of hydrogen-bond acceptors (Lipinski definition) is 4. The van der Waals surface area contributed by atoms with Gasteiger partial charge in [-0.3, -0.25) is 0 Å². The van der Waals surface area contributed by atoms with Crippen LogP contribution in [0.4, 0.5) is 28.0 Å². The zero-order chi connectivity index (χ0) is 19.8. The summed E-state index contributed by atoms with van der Waals surface area (Å²) < 4.78 is 62.4. The Morgan fingerprint density at radius 1 is 0.963 bits per heavy atom. The van der Waals surface area contributed by atoms with Gasteiger partial charge in [-0.15, -0.1) is 0 Å². The van der Waals surface area contributed by atoms with Gasteiger partial charge in [-0.05, 0) is 29.8 Å². The Morgan fingerprint density at radius 2 is 1.63 bits per heavy atom. The van der Waals surface area contributed by atoms with E-state index in [2.05, 4.69) is 20.1 Å². The molecular formula is C17H16F4N2O4. The second kappa shape index (κ2) is 9.51. The number of ether oxygens (including phenoxy) is 3. The Labute approximate surface area is 152 Å². The van der Waals surface area contributed by atoms with Gasteiger partial charge in [0.25, 0.3) is 0 Å². The highest BCUT2D eigenvalue weighted by Gasteiger charge is 2.12. The quantitative estimate of drug-likeness (QED) is 0.665. The summed E-state index contributed by atoms with van der Waals surface area (Å²) in [6.07, 6.45) is 0. The van der Waals surface area contributed by atoms with Gasteiger partial charge in [0, 0.05) is 18.3 Å². The topological polar surface area (TPSA) is 68.8 Å². The van der Waals surface area contributed by atoms with Gasteiger partial charge in [-0.25, -0.2) is 4.79 Å². The number of anilines is 1. The predicted octanol–water partition coefficient (Wildman–Crippen LogP) is 4.22. The van der Waals surface area contributed by atoms with E-state index in [0.717, 1.165) is 0 Å². The van der Waals surface area contributed by atoms with E-state index >= 15 is 0 Å². The molecule has 2 aromatic carbocycles. The molecule has 0 bridgehead atoms. The number of urea groups is 1. The van der Waals surface area contributed by atoms with E-state index in [4.69, 9.17) is 4.74 Å². The van der Waals surface area contributed by atoms with Crippen LogP contribution in [0, 0.1) is 0 Å². The van der Waals surface area contributed by atoms with Crippen molar-refractivity contribution in [3.63, 3.8) is 0 Å². The molecule has 0 aliphatic carbocycles. The number of nitrogens with one attached hydrogen (secondary N) is 2. The zero-order valence-electron chi connectivity index (χ0n) is 14.0. The minimum atomic E-state index is -3.04. The van der Waals surface area contributed by atoms with E-state index in [-0.39, 0.29) is 29.5 Å². The molecule has 6 nitrogen and oxygen atoms in total. The van der Waals surface area contributed by atoms with Crippen molar-refractivity contribution in [3.8, 4) is 17.2 Å². The molecule has 0 spiro atoms. The highest BCUT2D eigenvalue weighted by Crippen LogP contribution is 2.31. The molecule has 0 aliphatic heterocycles. The Morgan fingerprint density at radius 3 is 2.22 bits per heavy atom. The standard InChI is InChI=1S/C17H16F4N2O4/c1-25-13-7-4-11(8-14(13)27-16(20)21)23-17(24)22-9-10-2-5-12(6-3-10)26-15(18)19/h2-8,15-16H,9H2,1H3,(H2,22,23,24). The van der Waals surface area contributed by atoms with Crippen LogP contribution in [0.25, 0.3) is 0 Å². The summed E-state index contributed by atoms with van der Waals surface area (Å²) in [5.41, 5.74) is 0.854. The van der Waals surface area contributed by atoms with Crippen molar-refractivity contribution in [1.82, 2.24) is 5.32 Å². The number of hydrogen-bond donors (Lipinski definition) is 2. The first-order valence-corrected chi connectivity index (χ1v) is 7.59. The fraction of sp³-hybridized carbons (Fsp3) is 0.235. The van der Waals surface area contributed by atoms with Crippen LogP contribution in [-0.2, 0) is 6.54 Å². The average Bonchev–Trinajstić information content (AvgIpc) is 2.60. The van der Waals surface area contributed by atoms with Crippen molar-refractivity contribution < 1.29 is 36.6 Å². The fourth-order valence-electron chi connectivity index (χ4n) is 2.09. The predicted molar refractivity (Wildman–Crippen MR) is 88.6 cm³/mol. The summed E-state index contributed by atoms with van der Waals surface area (Å²) in [5, 5.41) is 5.00. The molecule has 0 heterocycles. The van der Waals surface area contributed by atoms with Crippen LogP contribution < -0.4 is 24.8 Å². The summed E-state index contributed by atoms with van der Waals surface area (Å²) >= 11 is 0. The molecule has 27 heavy (non-hydrogen) atoms. The molecule has 10 heteroatoms. The maximum absolute atomic E-state index is 12.4. The lowest BCUT2D eigenvalue weighted by Crippen LogP contribution is -2.28. The molecule has 0 radical (unpaired) electrons. The fourth-order valence-corrected chi connectivity index (χ4v) is 2.09. The highest BCUT2D eigenvalue weighted by molar-refractivity contribution is 5.89. The molecule has 0 aromatic heterocycles. The average molecular weight is 388 g/mol. The van der Waals surface area contributed by atoms with Crippen LogP contribution in [0.1, 0.15) is 5.56 Å². The van der Waals surface area contributed by atoms with Crippen LogP contribution in [-0.4, -0.2) is 26.4 Å². The molecule has 0 saturated heterocycles. The van der Waals surface area contributed by atoms with Crippen molar-refractivity contribution in [2.45, 2.75) is 19.8 Å². The van der Waals surface area contributed by atoms with E-state index in [1.165, 1.54) is 49.6 Å². The Balaban J connectivity index is 1.91. The van der Waals surface area contributed by atoms with Gasteiger partial charge in [-0.1, -0.05) is 12.1 Å². The highest BCUT2D eigenvalue weighted by atomic mass is 19.3. The molecule has 2 amide bonds. The number of carbonyl (C=O) groups excluding carboxylic acids is 1. The lowest BCUT2D eigenvalue weighted by Gasteiger charge is -2.13. The molecule has 0 aliphatic rings. The van der Waals surface area contributed by atoms with E-state index in [1.807, 2.05) is 0 Å². The number of methoxy groups -OCH3 is 1. The monoisotopic (exact) mass is 388 g/mol. The van der Waals surface area contributed by atoms with Crippen molar-refractivity contribution >= 4 is 11.7 Å². The third-order valence-corrected chi connectivity index (χ3v) is 3.24. The third kappa shape index (κ3) is 6.57. The summed E-state index contributed by atoms with van der Waals surface area (Å²) in [7, 11) is 1.30. The second-order valence-corrected chi connectivity index (χ2v) is 5.07. The summed E-state index contributed by atoms with van der Waals surface area (Å²) in [4.78, 5) is 11.9. The van der Waals surface area contributed by atoms with Gasteiger partial charge >= 0.3 is 19.3 Å². The van der Waals surface area contributed by atoms with Crippen LogP contribution >= 0.6 is 0 Å². The largest absolute Gasteiger partial charge is 0.493 e. The van der Waals surface area contributed by atoms with Crippen LogP contribution in [0.5, 0.6) is 17.2 Å². The lowest BCUT2D eigenvalue weighted by atomic mass is 10.2. The van der Waals surface area contributed by atoms with Gasteiger partial charge in [0.1, 0.15) is 5.75 Å². The maximum Gasteiger partial charge on any atom is 0.387 e. The van der Waals surface area contributed by atoms with Gasteiger partial charge < -0.3 is 24.8 Å². The van der Waals surface area contributed by atoms with E-state index in [9.17, 15) is 22.4 Å². The third-order valence-electron chi connectivity index (χ3n) is 3.24. The maximum atomic E-state index is 12.4. The van der Waals surface area contributed by atoms with Gasteiger partial charge in [-0.2, -0.15) is 17.6 Å². The zero-order valence-corrected chi connectivity index (χ0v) is 14.0. The molecule has 0 saturated carbocycles. The first kappa shape index (κ1) is 20.1. The van der Waals surface area contributed by atoms with Gasteiger partial charge in [0.15, 0.2) is 11.5 Å². The van der Waals surface area contributed by atoms with Crippen molar-refractivity contribution in [3.05, 3.63) is 48.0 Å². The number of alkyl halides is 4. The smallest absolute Gasteiger partial charge is 0.387 e. The Bertz CT molecular complexity index is 757. The second-order valence-electron chi connectivity index (χ2n) is 5.07. The molecule has 0 fully saturated rings. The minimum Gasteiger partial charge on any atom is -0.493 e. The van der Waals surface area contributed by atoms with Crippen molar-refractivity contribution in [2.75, 3.05) is 12.4 Å². The van der Waals surface area contributed by atoms with E-state index < -0.39 is 19.3 Å². The van der Waals surface area contributed by atoms with Crippen LogP contribution in [0.2, 0.25) is 0 Å². The number of halogens is 4. The molecule has 2 N–H and O–H groups in total. The molecule has 0 unspecified atom stereocenters. The van der Waals surface area contributed by atoms with Crippen molar-refractivity contribution in [1.29, 1.82) is 0 Å². The number of rotatable bonds is 8. The number of benzene rings is 2. The molecule has 2 aromatic rings. The van der Waals surface area contributed by atoms with Gasteiger partial charge in [0.2, 0.25) is 0 Å². The summed E-state index contributed by atoms with van der Waals surface area (Å²) in [6, 6.07) is 9.14. The van der Waals surface area contributed by atoms with E-state index in [0.29, 0.717) is 5.56 Å². The Kier molecular flexibility index (Phi) is 7.09. The van der Waals surface area contributed by atoms with Gasteiger partial charge in [0.05, 0.1) is 7.11 Å².